The zero-order valence-corrected chi connectivity index (χ0v) is 30.3. The summed E-state index contributed by atoms with van der Waals surface area (Å²) in [6.07, 6.45) is 0.166. The van der Waals surface area contributed by atoms with E-state index >= 15 is 0 Å². The normalized spacial score (nSPS) is 26.6. The zero-order valence-electron chi connectivity index (χ0n) is 30.3. The van der Waals surface area contributed by atoms with E-state index in [4.69, 9.17) is 56.8 Å². The van der Waals surface area contributed by atoms with Crippen molar-refractivity contribution in [3.05, 3.63) is 95.1 Å². The van der Waals surface area contributed by atoms with Gasteiger partial charge in [-0.15, -0.1) is 0 Å². The molecule has 0 spiro atoms. The van der Waals surface area contributed by atoms with Gasteiger partial charge >= 0.3 is 0 Å². The van der Waals surface area contributed by atoms with Crippen molar-refractivity contribution in [2.24, 2.45) is 0 Å². The smallest absolute Gasteiger partial charge is 0.165 e. The van der Waals surface area contributed by atoms with E-state index in [2.05, 4.69) is 60.7 Å². The number of ether oxygens (including phenoxy) is 12. The molecule has 6 unspecified atom stereocenters. The fourth-order valence-electron chi connectivity index (χ4n) is 7.40. The van der Waals surface area contributed by atoms with Crippen LogP contribution in [-0.4, -0.2) is 116 Å². The van der Waals surface area contributed by atoms with Crippen molar-refractivity contribution in [1.82, 2.24) is 0 Å². The standard InChI is InChI=1S/C43H42O12/c1-3-7-33-31(5-1)32-6-2-4-8-34(32)43(33,35-9-39(52-21-27-15-46-27)41(54-23-29-17-48-29)11-37(35)50-19-25-13-44-25)36-10-40(53-22-28-16-47-28)42(55-24-30-18-49-30)12-38(36)51-20-26-14-45-26/h1-12,25-30H,13-24H2. The Hall–Kier alpha value is -4.56. The molecule has 0 bridgehead atoms. The minimum absolute atomic E-state index is 0.00749. The van der Waals surface area contributed by atoms with E-state index in [0.29, 0.717) is 114 Å². The second kappa shape index (κ2) is 13.9. The van der Waals surface area contributed by atoms with E-state index in [1.54, 1.807) is 0 Å². The van der Waals surface area contributed by atoms with Gasteiger partial charge in [-0.05, 0) is 34.4 Å². The minimum Gasteiger partial charge on any atom is -0.490 e. The van der Waals surface area contributed by atoms with Gasteiger partial charge in [0, 0.05) is 23.3 Å². The minimum atomic E-state index is -0.995. The predicted octanol–water partition coefficient (Wildman–Crippen LogP) is 4.72. The summed E-state index contributed by atoms with van der Waals surface area (Å²) in [4.78, 5) is 0. The van der Waals surface area contributed by atoms with Crippen LogP contribution in [0, 0.1) is 0 Å². The topological polar surface area (TPSA) is 131 Å². The molecule has 4 aromatic rings. The van der Waals surface area contributed by atoms with Gasteiger partial charge < -0.3 is 56.8 Å². The summed E-state index contributed by atoms with van der Waals surface area (Å²) in [5, 5.41) is 0. The molecule has 6 fully saturated rings. The van der Waals surface area contributed by atoms with Crippen molar-refractivity contribution in [3.63, 3.8) is 0 Å². The van der Waals surface area contributed by atoms with Crippen molar-refractivity contribution in [3.8, 4) is 45.6 Å². The molecule has 4 aromatic carbocycles. The highest BCUT2D eigenvalue weighted by Gasteiger charge is 2.51. The van der Waals surface area contributed by atoms with Crippen LogP contribution in [0.3, 0.4) is 0 Å². The van der Waals surface area contributed by atoms with E-state index in [1.807, 2.05) is 12.1 Å². The third kappa shape index (κ3) is 7.07. The van der Waals surface area contributed by atoms with Crippen LogP contribution in [0.15, 0.2) is 72.8 Å². The van der Waals surface area contributed by atoms with Gasteiger partial charge in [-0.1, -0.05) is 48.5 Å². The number of hydrogen-bond donors (Lipinski definition) is 0. The summed E-state index contributed by atoms with van der Waals surface area (Å²) in [5.74, 6) is 3.60. The van der Waals surface area contributed by atoms with Crippen molar-refractivity contribution >= 4 is 0 Å². The van der Waals surface area contributed by atoms with Crippen LogP contribution < -0.4 is 28.4 Å². The molecular formula is C43H42O12. The molecule has 12 nitrogen and oxygen atoms in total. The van der Waals surface area contributed by atoms with Crippen LogP contribution in [0.25, 0.3) is 11.1 Å². The molecule has 6 atom stereocenters. The van der Waals surface area contributed by atoms with Gasteiger partial charge in [0.15, 0.2) is 23.0 Å². The SMILES string of the molecule is c1ccc2c(c1)-c1ccccc1C2(c1cc(OCC2CO2)c(OCC2CO2)cc1OCC1CO1)c1cc(OCC2CO2)c(OCC2CO2)cc1OCC1CO1. The van der Waals surface area contributed by atoms with Crippen molar-refractivity contribution in [2.45, 2.75) is 42.0 Å². The Kier molecular flexibility index (Phi) is 8.51. The molecule has 55 heavy (non-hydrogen) atoms. The number of fused-ring (bicyclic) bond motifs is 3. The lowest BCUT2D eigenvalue weighted by Gasteiger charge is -2.37. The van der Waals surface area contributed by atoms with Crippen LogP contribution in [0.5, 0.6) is 34.5 Å². The Balaban J connectivity index is 1.15. The fourth-order valence-corrected chi connectivity index (χ4v) is 7.40. The van der Waals surface area contributed by atoms with E-state index in [9.17, 15) is 0 Å². The predicted molar refractivity (Wildman–Crippen MR) is 195 cm³/mol. The third-order valence-corrected chi connectivity index (χ3v) is 10.8. The fraction of sp³-hybridized carbons (Fsp3) is 0.442. The van der Waals surface area contributed by atoms with Gasteiger partial charge in [-0.25, -0.2) is 0 Å². The molecule has 0 N–H and O–H groups in total. The van der Waals surface area contributed by atoms with Crippen LogP contribution in [-0.2, 0) is 33.8 Å². The Bertz CT molecular complexity index is 1910. The summed E-state index contributed by atoms with van der Waals surface area (Å²) in [7, 11) is 0. The first-order valence-corrected chi connectivity index (χ1v) is 19.2. The highest BCUT2D eigenvalue weighted by molar-refractivity contribution is 5.88. The van der Waals surface area contributed by atoms with E-state index in [1.165, 1.54) is 0 Å². The second-order valence-corrected chi connectivity index (χ2v) is 15.0. The first-order chi connectivity index (χ1) is 27.2. The van der Waals surface area contributed by atoms with Gasteiger partial charge in [-0.3, -0.25) is 0 Å². The molecular weight excluding hydrogens is 708 g/mol. The monoisotopic (exact) mass is 750 g/mol. The summed E-state index contributed by atoms with van der Waals surface area (Å²) in [5.41, 5.74) is 5.05. The lowest BCUT2D eigenvalue weighted by Crippen LogP contribution is -2.31. The summed E-state index contributed by atoms with van der Waals surface area (Å²) < 4.78 is 73.0. The molecule has 286 valence electrons. The summed E-state index contributed by atoms with van der Waals surface area (Å²) >= 11 is 0. The van der Waals surface area contributed by atoms with E-state index < -0.39 is 5.41 Å². The van der Waals surface area contributed by atoms with Gasteiger partial charge in [0.25, 0.3) is 0 Å². The first-order valence-electron chi connectivity index (χ1n) is 19.2. The van der Waals surface area contributed by atoms with Crippen molar-refractivity contribution in [1.29, 1.82) is 0 Å². The average molecular weight is 751 g/mol. The molecule has 6 saturated heterocycles. The van der Waals surface area contributed by atoms with Crippen molar-refractivity contribution < 1.29 is 56.8 Å². The molecule has 6 aliphatic heterocycles. The van der Waals surface area contributed by atoms with E-state index in [0.717, 1.165) is 33.4 Å². The van der Waals surface area contributed by atoms with Crippen molar-refractivity contribution in [2.75, 3.05) is 79.3 Å². The van der Waals surface area contributed by atoms with E-state index in [-0.39, 0.29) is 36.6 Å². The molecule has 7 aliphatic rings. The third-order valence-electron chi connectivity index (χ3n) is 10.8. The lowest BCUT2D eigenvalue weighted by molar-refractivity contribution is 0.222. The maximum absolute atomic E-state index is 6.80. The number of benzene rings is 4. The average Bonchev–Trinajstić information content (AvgIpc) is 4.00. The number of epoxide rings is 6. The largest absolute Gasteiger partial charge is 0.490 e. The molecule has 6 heterocycles. The quantitative estimate of drug-likeness (QED) is 0.102. The highest BCUT2D eigenvalue weighted by atomic mass is 16.6. The Morgan fingerprint density at radius 3 is 0.945 bits per heavy atom. The Morgan fingerprint density at radius 1 is 0.364 bits per heavy atom. The summed E-state index contributed by atoms with van der Waals surface area (Å²) in [6, 6.07) is 25.1. The zero-order chi connectivity index (χ0) is 36.3. The molecule has 12 heteroatoms. The second-order valence-electron chi connectivity index (χ2n) is 15.0. The highest BCUT2D eigenvalue weighted by Crippen LogP contribution is 2.61. The molecule has 0 saturated carbocycles. The first kappa shape index (κ1) is 33.8. The van der Waals surface area contributed by atoms with Gasteiger partial charge in [0.1, 0.15) is 87.8 Å². The maximum atomic E-state index is 6.80. The maximum Gasteiger partial charge on any atom is 0.165 e. The molecule has 0 radical (unpaired) electrons. The number of hydrogen-bond acceptors (Lipinski definition) is 12. The Morgan fingerprint density at radius 2 is 0.636 bits per heavy atom. The van der Waals surface area contributed by atoms with Crippen LogP contribution in [0.2, 0.25) is 0 Å². The molecule has 0 aromatic heterocycles. The van der Waals surface area contributed by atoms with Crippen LogP contribution in [0.4, 0.5) is 0 Å². The number of rotatable bonds is 20. The van der Waals surface area contributed by atoms with Gasteiger partial charge in [-0.2, -0.15) is 0 Å². The summed E-state index contributed by atoms with van der Waals surface area (Å²) in [6.45, 7) is 6.29. The molecule has 1 aliphatic carbocycles. The Labute approximate surface area is 318 Å². The van der Waals surface area contributed by atoms with Crippen LogP contribution in [0.1, 0.15) is 22.3 Å². The van der Waals surface area contributed by atoms with Gasteiger partial charge in [0.2, 0.25) is 0 Å². The molecule has 0 amide bonds. The lowest BCUT2D eigenvalue weighted by atomic mass is 9.66. The van der Waals surface area contributed by atoms with Gasteiger partial charge in [0.05, 0.1) is 45.1 Å². The van der Waals surface area contributed by atoms with Crippen LogP contribution >= 0.6 is 0 Å². The molecule has 11 rings (SSSR count).